The first kappa shape index (κ1) is 20.6. The molecule has 0 saturated heterocycles. The highest BCUT2D eigenvalue weighted by molar-refractivity contribution is 7.80. The van der Waals surface area contributed by atoms with Gasteiger partial charge in [0.2, 0.25) is 0 Å². The minimum Gasteiger partial charge on any atom is -0.490 e. The van der Waals surface area contributed by atoms with E-state index in [2.05, 4.69) is 10.6 Å². The number of nitrogens with zero attached hydrogens (tertiary/aromatic N) is 1. The summed E-state index contributed by atoms with van der Waals surface area (Å²) in [7, 11) is 1.55. The van der Waals surface area contributed by atoms with Crippen LogP contribution in [0.15, 0.2) is 42.5 Å². The molecule has 0 atom stereocenters. The van der Waals surface area contributed by atoms with Crippen molar-refractivity contribution < 1.29 is 19.2 Å². The van der Waals surface area contributed by atoms with Crippen LogP contribution in [0.4, 0.5) is 11.4 Å². The molecule has 0 spiro atoms. The predicted octanol–water partition coefficient (Wildman–Crippen LogP) is 3.40. The normalized spacial score (nSPS) is 10.1. The Hall–Kier alpha value is -2.75. The fourth-order valence-electron chi connectivity index (χ4n) is 2.06. The Labute approximate surface area is 165 Å². The summed E-state index contributed by atoms with van der Waals surface area (Å²) >= 11 is 11.1. The maximum atomic E-state index is 12.5. The number of benzene rings is 2. The summed E-state index contributed by atoms with van der Waals surface area (Å²) in [4.78, 5) is 22.6. The third-order valence-electron chi connectivity index (χ3n) is 3.32. The molecule has 0 aromatic heterocycles. The second-order valence-electron chi connectivity index (χ2n) is 5.17. The van der Waals surface area contributed by atoms with Crippen LogP contribution in [0.2, 0.25) is 5.02 Å². The largest absolute Gasteiger partial charge is 0.490 e. The molecule has 2 rings (SSSR count). The summed E-state index contributed by atoms with van der Waals surface area (Å²) in [5.41, 5.74) is 0.479. The molecule has 0 heterocycles. The fraction of sp³-hybridized carbons (Fsp3) is 0.176. The number of ether oxygens (including phenoxy) is 2. The number of hydrogen-bond acceptors (Lipinski definition) is 6. The number of carbonyl (C=O) groups is 1. The van der Waals surface area contributed by atoms with Gasteiger partial charge in [0, 0.05) is 19.2 Å². The number of nitrogens with one attached hydrogen (secondary N) is 2. The molecule has 2 N–H and O–H groups in total. The second kappa shape index (κ2) is 9.81. The van der Waals surface area contributed by atoms with E-state index in [1.54, 1.807) is 31.4 Å². The van der Waals surface area contributed by atoms with Gasteiger partial charge in [-0.1, -0.05) is 23.7 Å². The Balaban J connectivity index is 2.04. The molecular weight excluding hydrogens is 394 g/mol. The Morgan fingerprint density at radius 3 is 2.67 bits per heavy atom. The minimum atomic E-state index is -0.559. The SMILES string of the molecule is COCCOc1ccccc1C(=O)NC(=S)Nc1ccc([N+](=O)[O-])cc1Cl. The van der Waals surface area contributed by atoms with Gasteiger partial charge in [0.25, 0.3) is 11.6 Å². The number of para-hydroxylation sites is 1. The molecule has 0 aliphatic heterocycles. The van der Waals surface area contributed by atoms with Gasteiger partial charge in [-0.15, -0.1) is 0 Å². The van der Waals surface area contributed by atoms with Crippen LogP contribution in [0, 0.1) is 10.1 Å². The first-order valence-corrected chi connectivity index (χ1v) is 8.48. The number of amides is 1. The third-order valence-corrected chi connectivity index (χ3v) is 3.83. The van der Waals surface area contributed by atoms with Crippen LogP contribution < -0.4 is 15.4 Å². The molecule has 0 saturated carbocycles. The number of thiocarbonyl (C=S) groups is 1. The van der Waals surface area contributed by atoms with E-state index >= 15 is 0 Å². The van der Waals surface area contributed by atoms with Crippen molar-refractivity contribution in [3.63, 3.8) is 0 Å². The lowest BCUT2D eigenvalue weighted by Crippen LogP contribution is -2.34. The average molecular weight is 410 g/mol. The highest BCUT2D eigenvalue weighted by Crippen LogP contribution is 2.26. The average Bonchev–Trinajstić information content (AvgIpc) is 2.63. The Morgan fingerprint density at radius 2 is 2.00 bits per heavy atom. The number of hydrogen-bond donors (Lipinski definition) is 2. The van der Waals surface area contributed by atoms with Gasteiger partial charge in [-0.25, -0.2) is 0 Å². The van der Waals surface area contributed by atoms with E-state index in [-0.39, 0.29) is 15.8 Å². The van der Waals surface area contributed by atoms with Crippen LogP contribution in [0.5, 0.6) is 5.75 Å². The summed E-state index contributed by atoms with van der Waals surface area (Å²) in [6.07, 6.45) is 0. The van der Waals surface area contributed by atoms with E-state index in [4.69, 9.17) is 33.3 Å². The van der Waals surface area contributed by atoms with Crippen molar-refractivity contribution in [1.82, 2.24) is 5.32 Å². The monoisotopic (exact) mass is 409 g/mol. The molecule has 0 unspecified atom stereocenters. The van der Waals surface area contributed by atoms with Gasteiger partial charge in [-0.2, -0.15) is 0 Å². The van der Waals surface area contributed by atoms with Gasteiger partial charge in [0.1, 0.15) is 12.4 Å². The lowest BCUT2D eigenvalue weighted by Gasteiger charge is -2.13. The van der Waals surface area contributed by atoms with Crippen LogP contribution >= 0.6 is 23.8 Å². The molecule has 1 amide bonds. The van der Waals surface area contributed by atoms with Crippen LogP contribution in [0.3, 0.4) is 0 Å². The quantitative estimate of drug-likeness (QED) is 0.312. The van der Waals surface area contributed by atoms with Gasteiger partial charge in [-0.05, 0) is 30.4 Å². The molecule has 0 radical (unpaired) electrons. The Bertz CT molecular complexity index is 862. The van der Waals surface area contributed by atoms with Crippen molar-refractivity contribution in [2.45, 2.75) is 0 Å². The first-order valence-electron chi connectivity index (χ1n) is 7.69. The molecular formula is C17H16ClN3O5S. The zero-order valence-electron chi connectivity index (χ0n) is 14.2. The molecule has 142 valence electrons. The molecule has 2 aromatic rings. The Morgan fingerprint density at radius 1 is 1.26 bits per heavy atom. The van der Waals surface area contributed by atoms with E-state index in [0.717, 1.165) is 0 Å². The van der Waals surface area contributed by atoms with E-state index in [1.807, 2.05) is 0 Å². The highest BCUT2D eigenvalue weighted by Gasteiger charge is 2.15. The summed E-state index contributed by atoms with van der Waals surface area (Å²) in [6, 6.07) is 10.6. The smallest absolute Gasteiger partial charge is 0.271 e. The van der Waals surface area contributed by atoms with Crippen molar-refractivity contribution >= 4 is 46.2 Å². The summed E-state index contributed by atoms with van der Waals surface area (Å²) < 4.78 is 10.4. The molecule has 0 bridgehead atoms. The van der Waals surface area contributed by atoms with E-state index in [0.29, 0.717) is 30.2 Å². The Kier molecular flexibility index (Phi) is 7.47. The van der Waals surface area contributed by atoms with Gasteiger partial charge < -0.3 is 14.8 Å². The summed E-state index contributed by atoms with van der Waals surface area (Å²) in [5, 5.41) is 16.1. The molecule has 2 aromatic carbocycles. The molecule has 0 fully saturated rings. The molecule has 0 aliphatic carbocycles. The van der Waals surface area contributed by atoms with Gasteiger partial charge in [0.05, 0.1) is 27.8 Å². The predicted molar refractivity (Wildman–Crippen MR) is 106 cm³/mol. The number of non-ortho nitro benzene ring substituents is 1. The van der Waals surface area contributed by atoms with Crippen LogP contribution in [0.1, 0.15) is 10.4 Å². The van der Waals surface area contributed by atoms with Gasteiger partial charge in [0.15, 0.2) is 5.11 Å². The number of nitro benzene ring substituents is 1. The molecule has 10 heteroatoms. The van der Waals surface area contributed by atoms with E-state index in [9.17, 15) is 14.9 Å². The summed E-state index contributed by atoms with van der Waals surface area (Å²) in [5.74, 6) is -0.0817. The third kappa shape index (κ3) is 5.88. The topological polar surface area (TPSA) is 103 Å². The van der Waals surface area contributed by atoms with E-state index in [1.165, 1.54) is 18.2 Å². The van der Waals surface area contributed by atoms with Crippen LogP contribution in [-0.4, -0.2) is 36.3 Å². The van der Waals surface area contributed by atoms with Crippen molar-refractivity contribution in [1.29, 1.82) is 0 Å². The van der Waals surface area contributed by atoms with E-state index < -0.39 is 10.8 Å². The standard InChI is InChI=1S/C17H16ClN3O5S/c1-25-8-9-26-15-5-3-2-4-12(15)16(22)20-17(27)19-14-7-6-11(21(23)24)10-13(14)18/h2-7,10H,8-9H2,1H3,(H2,19,20,22,27). The lowest BCUT2D eigenvalue weighted by molar-refractivity contribution is -0.384. The molecule has 8 nitrogen and oxygen atoms in total. The number of carbonyl (C=O) groups excluding carboxylic acids is 1. The van der Waals surface area contributed by atoms with Gasteiger partial charge in [-0.3, -0.25) is 20.2 Å². The number of halogens is 1. The number of rotatable bonds is 7. The fourth-order valence-corrected chi connectivity index (χ4v) is 2.48. The maximum absolute atomic E-state index is 12.5. The highest BCUT2D eigenvalue weighted by atomic mass is 35.5. The lowest BCUT2D eigenvalue weighted by atomic mass is 10.2. The zero-order valence-corrected chi connectivity index (χ0v) is 15.8. The molecule has 27 heavy (non-hydrogen) atoms. The van der Waals surface area contributed by atoms with Crippen molar-refractivity contribution in [3.8, 4) is 5.75 Å². The minimum absolute atomic E-state index is 0.0116. The number of methoxy groups -OCH3 is 1. The summed E-state index contributed by atoms with van der Waals surface area (Å²) in [6.45, 7) is 0.677. The van der Waals surface area contributed by atoms with Crippen molar-refractivity contribution in [2.75, 3.05) is 25.6 Å². The zero-order chi connectivity index (χ0) is 19.8. The molecule has 0 aliphatic rings. The van der Waals surface area contributed by atoms with Crippen molar-refractivity contribution in [3.05, 3.63) is 63.2 Å². The second-order valence-corrected chi connectivity index (χ2v) is 5.98. The number of anilines is 1. The first-order chi connectivity index (χ1) is 12.9. The van der Waals surface area contributed by atoms with Crippen LogP contribution in [-0.2, 0) is 4.74 Å². The number of nitro groups is 1. The maximum Gasteiger partial charge on any atom is 0.271 e. The van der Waals surface area contributed by atoms with Crippen molar-refractivity contribution in [2.24, 2.45) is 0 Å². The van der Waals surface area contributed by atoms with Gasteiger partial charge >= 0.3 is 0 Å². The van der Waals surface area contributed by atoms with Crippen LogP contribution in [0.25, 0.3) is 0 Å².